The highest BCUT2D eigenvalue weighted by atomic mass is 28.4. The van der Waals surface area contributed by atoms with Crippen LogP contribution >= 0.6 is 0 Å². The van der Waals surface area contributed by atoms with Gasteiger partial charge in [-0.25, -0.2) is 0 Å². The largest absolute Gasteiger partial charge is 0.414 e. The fourth-order valence-corrected chi connectivity index (χ4v) is 8.25. The van der Waals surface area contributed by atoms with Gasteiger partial charge in [0.1, 0.15) is 0 Å². The monoisotopic (exact) mass is 336 g/mol. The predicted molar refractivity (Wildman–Crippen MR) is 96.7 cm³/mol. The molecule has 2 nitrogen and oxygen atoms in total. The molecule has 132 valence electrons. The summed E-state index contributed by atoms with van der Waals surface area (Å²) in [4.78, 5) is 0. The van der Waals surface area contributed by atoms with Crippen molar-refractivity contribution in [3.05, 3.63) is 0 Å². The lowest BCUT2D eigenvalue weighted by Gasteiger charge is -2.43. The number of hydrogen-bond acceptors (Lipinski definition) is 2. The normalized spacial score (nSPS) is 50.6. The topological polar surface area (TPSA) is 29.5 Å². The molecule has 0 bridgehead atoms. The van der Waals surface area contributed by atoms with Gasteiger partial charge in [0, 0.05) is 11.5 Å². The maximum atomic E-state index is 11.1. The number of aliphatic hydroxyl groups is 1. The van der Waals surface area contributed by atoms with Gasteiger partial charge in [-0.05, 0) is 72.9 Å². The molecule has 0 saturated heterocycles. The Morgan fingerprint density at radius 1 is 1.09 bits per heavy atom. The second-order valence-electron chi connectivity index (χ2n) is 11.4. The summed E-state index contributed by atoms with van der Waals surface area (Å²) in [5, 5.41) is 11.4. The van der Waals surface area contributed by atoms with Gasteiger partial charge in [0.15, 0.2) is 8.32 Å². The fourth-order valence-electron chi connectivity index (χ4n) is 6.86. The van der Waals surface area contributed by atoms with Crippen molar-refractivity contribution in [3.8, 4) is 0 Å². The molecule has 4 rings (SSSR count). The molecule has 4 fully saturated rings. The first-order valence-electron chi connectivity index (χ1n) is 9.78. The van der Waals surface area contributed by atoms with E-state index >= 15 is 0 Å². The van der Waals surface area contributed by atoms with Gasteiger partial charge in [-0.15, -0.1) is 0 Å². The molecule has 0 aromatic carbocycles. The van der Waals surface area contributed by atoms with Crippen LogP contribution < -0.4 is 0 Å². The average molecular weight is 337 g/mol. The van der Waals surface area contributed by atoms with Crippen LogP contribution in [0, 0.1) is 34.5 Å². The summed E-state index contributed by atoms with van der Waals surface area (Å²) in [5.74, 6) is 2.62. The van der Waals surface area contributed by atoms with E-state index in [1.807, 2.05) is 0 Å². The summed E-state index contributed by atoms with van der Waals surface area (Å²) < 4.78 is 6.92. The lowest BCUT2D eigenvalue weighted by Crippen LogP contribution is -2.46. The van der Waals surface area contributed by atoms with Crippen LogP contribution in [0.1, 0.15) is 60.3 Å². The Labute approximate surface area is 143 Å². The van der Waals surface area contributed by atoms with E-state index in [1.165, 1.54) is 25.7 Å². The van der Waals surface area contributed by atoms with Crippen molar-refractivity contribution in [1.82, 2.24) is 0 Å². The Hall–Kier alpha value is 0.137. The van der Waals surface area contributed by atoms with Crippen molar-refractivity contribution >= 4 is 8.32 Å². The predicted octanol–water partition coefficient (Wildman–Crippen LogP) is 4.83. The third-order valence-electron chi connectivity index (χ3n) is 8.69. The number of aliphatic hydroxyl groups excluding tert-OH is 1. The van der Waals surface area contributed by atoms with Crippen LogP contribution in [-0.4, -0.2) is 25.6 Å². The minimum atomic E-state index is -1.73. The Bertz CT molecular complexity index is 520. The van der Waals surface area contributed by atoms with Gasteiger partial charge in [-0.3, -0.25) is 0 Å². The van der Waals surface area contributed by atoms with Crippen LogP contribution in [0.15, 0.2) is 0 Å². The van der Waals surface area contributed by atoms with E-state index in [1.54, 1.807) is 0 Å². The van der Waals surface area contributed by atoms with E-state index in [-0.39, 0.29) is 16.6 Å². The molecular weight excluding hydrogens is 300 g/mol. The first kappa shape index (κ1) is 16.6. The molecule has 0 amide bonds. The second-order valence-corrected chi connectivity index (χ2v) is 16.1. The molecule has 7 atom stereocenters. The van der Waals surface area contributed by atoms with Crippen LogP contribution in [-0.2, 0) is 4.43 Å². The highest BCUT2D eigenvalue weighted by Crippen LogP contribution is 2.81. The van der Waals surface area contributed by atoms with Crippen LogP contribution in [0.4, 0.5) is 0 Å². The van der Waals surface area contributed by atoms with Gasteiger partial charge in [0.05, 0.1) is 6.10 Å². The molecule has 0 aromatic rings. The maximum absolute atomic E-state index is 11.1. The van der Waals surface area contributed by atoms with Crippen molar-refractivity contribution < 1.29 is 9.53 Å². The molecule has 4 aliphatic rings. The average Bonchev–Trinajstić information content (AvgIpc) is 2.68. The van der Waals surface area contributed by atoms with E-state index in [2.05, 4.69) is 47.7 Å². The second kappa shape index (κ2) is 4.45. The number of fused-ring (bicyclic) bond motifs is 2. The number of hydrogen-bond donors (Lipinski definition) is 1. The van der Waals surface area contributed by atoms with E-state index < -0.39 is 8.32 Å². The Morgan fingerprint density at radius 2 is 1.74 bits per heavy atom. The zero-order valence-corrected chi connectivity index (χ0v) is 17.1. The Morgan fingerprint density at radius 3 is 2.35 bits per heavy atom. The zero-order chi connectivity index (χ0) is 17.0. The smallest absolute Gasteiger partial charge is 0.192 e. The maximum Gasteiger partial charge on any atom is 0.192 e. The summed E-state index contributed by atoms with van der Waals surface area (Å²) in [5.41, 5.74) is 0.678. The molecule has 0 aliphatic heterocycles. The van der Waals surface area contributed by atoms with Crippen LogP contribution in [0.5, 0.6) is 0 Å². The molecular formula is C20H36O2Si. The lowest BCUT2D eigenvalue weighted by molar-refractivity contribution is 0.0437. The van der Waals surface area contributed by atoms with E-state index in [4.69, 9.17) is 4.43 Å². The van der Waals surface area contributed by atoms with Crippen molar-refractivity contribution in [2.75, 3.05) is 0 Å². The Balaban J connectivity index is 1.64. The third kappa shape index (κ3) is 1.99. The van der Waals surface area contributed by atoms with Crippen LogP contribution in [0.2, 0.25) is 18.1 Å². The molecule has 1 spiro atoms. The van der Waals surface area contributed by atoms with E-state index in [0.717, 1.165) is 5.92 Å². The van der Waals surface area contributed by atoms with Gasteiger partial charge < -0.3 is 9.53 Å². The Kier molecular flexibility index (Phi) is 3.21. The van der Waals surface area contributed by atoms with Gasteiger partial charge in [0.25, 0.3) is 0 Å². The molecule has 4 aliphatic carbocycles. The summed E-state index contributed by atoms with van der Waals surface area (Å²) >= 11 is 0. The van der Waals surface area contributed by atoms with Crippen LogP contribution in [0.25, 0.3) is 0 Å². The third-order valence-corrected chi connectivity index (χ3v) is 13.2. The van der Waals surface area contributed by atoms with Crippen molar-refractivity contribution in [2.24, 2.45) is 34.5 Å². The molecule has 0 heterocycles. The van der Waals surface area contributed by atoms with Crippen molar-refractivity contribution in [1.29, 1.82) is 0 Å². The van der Waals surface area contributed by atoms with Gasteiger partial charge in [-0.1, -0.05) is 34.6 Å². The molecule has 0 unspecified atom stereocenters. The minimum Gasteiger partial charge on any atom is -0.414 e. The SMILES string of the molecule is CC1(C)C[C@H]2C[C@]23[C@H](O)[C@H]2CC[C@H](O[Si](C)(C)C(C)(C)C)[C@H]2[C@H]13. The standard InChI is InChI=1S/C20H36O2Si/c1-18(2,3)23(6,7)22-14-9-8-13-15(14)16-19(4,5)10-12-11-20(12,16)17(13)21/h12-17,21H,8-11H2,1-7H3/t12-,13-,14-,15-,16+,17+,20-/m0/s1. The molecule has 1 N–H and O–H groups in total. The van der Waals surface area contributed by atoms with E-state index in [9.17, 15) is 5.11 Å². The molecule has 0 radical (unpaired) electrons. The van der Waals surface area contributed by atoms with E-state index in [0.29, 0.717) is 29.3 Å². The molecule has 4 saturated carbocycles. The summed E-state index contributed by atoms with van der Waals surface area (Å²) in [6.07, 6.45) is 5.33. The highest BCUT2D eigenvalue weighted by molar-refractivity contribution is 6.74. The molecule has 23 heavy (non-hydrogen) atoms. The van der Waals surface area contributed by atoms with Crippen molar-refractivity contribution in [2.45, 2.75) is 90.6 Å². The number of rotatable bonds is 2. The molecule has 0 aromatic heterocycles. The lowest BCUT2D eigenvalue weighted by atomic mass is 9.69. The fraction of sp³-hybridized carbons (Fsp3) is 1.00. The minimum absolute atomic E-state index is 0.0442. The van der Waals surface area contributed by atoms with Crippen LogP contribution in [0.3, 0.4) is 0 Å². The quantitative estimate of drug-likeness (QED) is 0.732. The first-order chi connectivity index (χ1) is 10.4. The summed E-state index contributed by atoms with van der Waals surface area (Å²) in [7, 11) is -1.73. The van der Waals surface area contributed by atoms with Gasteiger partial charge >= 0.3 is 0 Å². The summed E-state index contributed by atoms with van der Waals surface area (Å²) in [6, 6.07) is 0. The van der Waals surface area contributed by atoms with Crippen molar-refractivity contribution in [3.63, 3.8) is 0 Å². The first-order valence-corrected chi connectivity index (χ1v) is 12.7. The zero-order valence-electron chi connectivity index (χ0n) is 16.1. The molecule has 3 heteroatoms. The van der Waals surface area contributed by atoms with Gasteiger partial charge in [-0.2, -0.15) is 0 Å². The highest BCUT2D eigenvalue weighted by Gasteiger charge is 2.79. The summed E-state index contributed by atoms with van der Waals surface area (Å²) in [6.45, 7) is 16.7. The van der Waals surface area contributed by atoms with Gasteiger partial charge in [0.2, 0.25) is 0 Å².